The molecule has 0 saturated carbocycles. The van der Waals surface area contributed by atoms with Gasteiger partial charge < -0.3 is 19.5 Å². The van der Waals surface area contributed by atoms with E-state index in [1.165, 1.54) is 5.56 Å². The lowest BCUT2D eigenvalue weighted by molar-refractivity contribution is -0.151. The number of aliphatic hydroxyl groups is 1. The van der Waals surface area contributed by atoms with E-state index in [0.717, 1.165) is 18.4 Å². The molecule has 5 nitrogen and oxygen atoms in total. The smallest absolute Gasteiger partial charge is 0.228 e. The number of carbonyl (C=O) groups excluding carboxylic acids is 1. The second kappa shape index (κ2) is 6.63. The van der Waals surface area contributed by atoms with Gasteiger partial charge in [-0.25, -0.2) is 0 Å². The molecule has 1 saturated heterocycles. The van der Waals surface area contributed by atoms with Crippen LogP contribution in [0, 0.1) is 11.8 Å². The quantitative estimate of drug-likeness (QED) is 0.920. The Morgan fingerprint density at radius 1 is 1.25 bits per heavy atom. The van der Waals surface area contributed by atoms with Crippen molar-refractivity contribution in [2.45, 2.75) is 45.3 Å². The van der Waals surface area contributed by atoms with Crippen molar-refractivity contribution in [3.8, 4) is 11.5 Å². The number of nitrogens with zero attached hydrogens (tertiary/aromatic N) is 1. The summed E-state index contributed by atoms with van der Waals surface area (Å²) >= 11 is 0. The maximum atomic E-state index is 12.9. The molecule has 1 N–H and O–H groups in total. The lowest BCUT2D eigenvalue weighted by Gasteiger charge is -2.45. The van der Waals surface area contributed by atoms with E-state index in [9.17, 15) is 9.90 Å². The SMILES string of the molecule is COc1cc2c(cc1OC)[C@H]1C[C@@H](O)[C@H](CC(C)C)C(=O)N1CC2. The summed E-state index contributed by atoms with van der Waals surface area (Å²) in [5.74, 6) is 1.59. The number of piperidine rings is 1. The second-order valence-corrected chi connectivity index (χ2v) is 7.24. The molecule has 5 heteroatoms. The van der Waals surface area contributed by atoms with E-state index < -0.39 is 6.10 Å². The van der Waals surface area contributed by atoms with Crippen LogP contribution in [0.5, 0.6) is 11.5 Å². The molecule has 0 spiro atoms. The van der Waals surface area contributed by atoms with Gasteiger partial charge in [-0.15, -0.1) is 0 Å². The summed E-state index contributed by atoms with van der Waals surface area (Å²) < 4.78 is 10.8. The molecule has 1 aromatic carbocycles. The highest BCUT2D eigenvalue weighted by Crippen LogP contribution is 2.44. The monoisotopic (exact) mass is 333 g/mol. The van der Waals surface area contributed by atoms with Gasteiger partial charge in [-0.1, -0.05) is 13.8 Å². The van der Waals surface area contributed by atoms with Crippen molar-refractivity contribution in [3.63, 3.8) is 0 Å². The van der Waals surface area contributed by atoms with Crippen LogP contribution >= 0.6 is 0 Å². The summed E-state index contributed by atoms with van der Waals surface area (Å²) in [5, 5.41) is 10.6. The number of rotatable bonds is 4. The third kappa shape index (κ3) is 2.86. The average molecular weight is 333 g/mol. The Morgan fingerprint density at radius 3 is 2.54 bits per heavy atom. The van der Waals surface area contributed by atoms with E-state index in [2.05, 4.69) is 13.8 Å². The van der Waals surface area contributed by atoms with Crippen LogP contribution < -0.4 is 9.47 Å². The fourth-order valence-corrected chi connectivity index (χ4v) is 4.08. The Balaban J connectivity index is 1.94. The van der Waals surface area contributed by atoms with E-state index in [-0.39, 0.29) is 17.9 Å². The van der Waals surface area contributed by atoms with E-state index in [1.807, 2.05) is 17.0 Å². The van der Waals surface area contributed by atoms with Gasteiger partial charge in [-0.05, 0) is 48.4 Å². The molecular formula is C19H27NO4. The van der Waals surface area contributed by atoms with Crippen LogP contribution in [0.3, 0.4) is 0 Å². The second-order valence-electron chi connectivity index (χ2n) is 7.24. The topological polar surface area (TPSA) is 59.0 Å². The summed E-state index contributed by atoms with van der Waals surface area (Å²) in [4.78, 5) is 14.9. The molecule has 132 valence electrons. The minimum Gasteiger partial charge on any atom is -0.493 e. The van der Waals surface area contributed by atoms with Gasteiger partial charge in [-0.2, -0.15) is 0 Å². The first-order chi connectivity index (χ1) is 11.5. The van der Waals surface area contributed by atoms with Crippen molar-refractivity contribution in [3.05, 3.63) is 23.3 Å². The Morgan fingerprint density at radius 2 is 1.92 bits per heavy atom. The molecular weight excluding hydrogens is 306 g/mol. The van der Waals surface area contributed by atoms with Gasteiger partial charge in [0, 0.05) is 6.54 Å². The number of methoxy groups -OCH3 is 2. The molecule has 0 aromatic heterocycles. The fourth-order valence-electron chi connectivity index (χ4n) is 4.08. The van der Waals surface area contributed by atoms with Crippen LogP contribution in [0.25, 0.3) is 0 Å². The van der Waals surface area contributed by atoms with Crippen molar-refractivity contribution in [2.75, 3.05) is 20.8 Å². The summed E-state index contributed by atoms with van der Waals surface area (Å²) in [7, 11) is 3.24. The van der Waals surface area contributed by atoms with Crippen molar-refractivity contribution in [1.29, 1.82) is 0 Å². The van der Waals surface area contributed by atoms with Crippen LogP contribution in [-0.2, 0) is 11.2 Å². The number of fused-ring (bicyclic) bond motifs is 3. The number of ether oxygens (including phenoxy) is 2. The van der Waals surface area contributed by atoms with Crippen molar-refractivity contribution >= 4 is 5.91 Å². The number of hydrogen-bond donors (Lipinski definition) is 1. The summed E-state index contributed by atoms with van der Waals surface area (Å²) in [6.07, 6.45) is 1.55. The molecule has 0 aliphatic carbocycles. The van der Waals surface area contributed by atoms with Gasteiger partial charge in [0.1, 0.15) is 0 Å². The Labute approximate surface area is 143 Å². The standard InChI is InChI=1S/C19H27NO4/c1-11(2)7-14-16(21)10-15-13-9-18(24-4)17(23-3)8-12(13)5-6-20(15)19(14)22/h8-9,11,14-16,21H,5-7,10H2,1-4H3/t14-,15+,16+/m0/s1. The largest absolute Gasteiger partial charge is 0.493 e. The van der Waals surface area contributed by atoms with Crippen molar-refractivity contribution < 1.29 is 19.4 Å². The van der Waals surface area contributed by atoms with E-state index in [1.54, 1.807) is 14.2 Å². The van der Waals surface area contributed by atoms with Gasteiger partial charge in [0.25, 0.3) is 0 Å². The molecule has 3 rings (SSSR count). The summed E-state index contributed by atoms with van der Waals surface area (Å²) in [6, 6.07) is 3.90. The molecule has 1 amide bonds. The van der Waals surface area contributed by atoms with Gasteiger partial charge in [0.15, 0.2) is 11.5 Å². The first-order valence-electron chi connectivity index (χ1n) is 8.69. The molecule has 0 bridgehead atoms. The molecule has 2 aliphatic rings. The van der Waals surface area contributed by atoms with E-state index in [0.29, 0.717) is 30.4 Å². The first-order valence-corrected chi connectivity index (χ1v) is 8.69. The Bertz CT molecular complexity index is 628. The third-order valence-electron chi connectivity index (χ3n) is 5.26. The summed E-state index contributed by atoms with van der Waals surface area (Å²) in [5.41, 5.74) is 2.26. The van der Waals surface area contributed by atoms with Crippen LogP contribution in [0.4, 0.5) is 0 Å². The van der Waals surface area contributed by atoms with Crippen LogP contribution in [0.1, 0.15) is 43.9 Å². The van der Waals surface area contributed by atoms with Crippen LogP contribution in [0.15, 0.2) is 12.1 Å². The molecule has 2 heterocycles. The van der Waals surface area contributed by atoms with E-state index in [4.69, 9.17) is 9.47 Å². The molecule has 1 aromatic rings. The Kier molecular flexibility index (Phi) is 4.72. The minimum atomic E-state index is -0.583. The predicted octanol–water partition coefficient (Wildman–Crippen LogP) is 2.56. The third-order valence-corrected chi connectivity index (χ3v) is 5.26. The molecule has 0 unspecified atom stereocenters. The van der Waals surface area contributed by atoms with Gasteiger partial charge >= 0.3 is 0 Å². The lowest BCUT2D eigenvalue weighted by Crippen LogP contribution is -2.52. The number of benzene rings is 1. The predicted molar refractivity (Wildman–Crippen MR) is 91.3 cm³/mol. The summed E-state index contributed by atoms with van der Waals surface area (Å²) in [6.45, 7) is 4.89. The first kappa shape index (κ1) is 17.1. The fraction of sp³-hybridized carbons (Fsp3) is 0.632. The highest BCUT2D eigenvalue weighted by atomic mass is 16.5. The maximum Gasteiger partial charge on any atom is 0.228 e. The normalized spacial score (nSPS) is 26.2. The zero-order valence-corrected chi connectivity index (χ0v) is 14.9. The average Bonchev–Trinajstić information content (AvgIpc) is 2.56. The number of carbonyl (C=O) groups is 1. The number of aliphatic hydroxyl groups excluding tert-OH is 1. The van der Waals surface area contributed by atoms with Gasteiger partial charge in [0.2, 0.25) is 5.91 Å². The molecule has 2 aliphatic heterocycles. The van der Waals surface area contributed by atoms with Gasteiger partial charge in [0.05, 0.1) is 32.3 Å². The zero-order chi connectivity index (χ0) is 17.4. The molecule has 1 fully saturated rings. The number of hydrogen-bond acceptors (Lipinski definition) is 4. The maximum absolute atomic E-state index is 12.9. The van der Waals surface area contributed by atoms with Crippen LogP contribution in [0.2, 0.25) is 0 Å². The molecule has 0 radical (unpaired) electrons. The van der Waals surface area contributed by atoms with E-state index >= 15 is 0 Å². The van der Waals surface area contributed by atoms with Gasteiger partial charge in [-0.3, -0.25) is 4.79 Å². The molecule has 24 heavy (non-hydrogen) atoms. The lowest BCUT2D eigenvalue weighted by atomic mass is 9.78. The zero-order valence-electron chi connectivity index (χ0n) is 14.9. The van der Waals surface area contributed by atoms with Crippen molar-refractivity contribution in [2.24, 2.45) is 11.8 Å². The Hall–Kier alpha value is -1.75. The number of amides is 1. The highest BCUT2D eigenvalue weighted by molar-refractivity contribution is 5.81. The highest BCUT2D eigenvalue weighted by Gasteiger charge is 2.44. The minimum absolute atomic E-state index is 0.0699. The van der Waals surface area contributed by atoms with Crippen molar-refractivity contribution in [1.82, 2.24) is 4.90 Å². The molecule has 3 atom stereocenters. The van der Waals surface area contributed by atoms with Crippen LogP contribution in [-0.4, -0.2) is 42.8 Å².